The first kappa shape index (κ1) is 14.6. The van der Waals surface area contributed by atoms with Crippen LogP contribution in [0.15, 0.2) is 6.07 Å². The van der Waals surface area contributed by atoms with Gasteiger partial charge in [0.15, 0.2) is 0 Å². The molecule has 5 heteroatoms. The lowest BCUT2D eigenvalue weighted by Crippen LogP contribution is -2.58. The van der Waals surface area contributed by atoms with Crippen molar-refractivity contribution in [1.82, 2.24) is 15.1 Å². The van der Waals surface area contributed by atoms with Gasteiger partial charge in [0.25, 0.3) is 0 Å². The lowest BCUT2D eigenvalue weighted by atomic mass is 9.92. The van der Waals surface area contributed by atoms with Crippen LogP contribution in [0, 0.1) is 5.92 Å². The number of aliphatic carboxylic acids is 1. The molecule has 0 radical (unpaired) electrons. The first-order chi connectivity index (χ1) is 10.1. The Balaban J connectivity index is 1.89. The summed E-state index contributed by atoms with van der Waals surface area (Å²) in [7, 11) is 0. The Bertz CT molecular complexity index is 532. The molecule has 1 atom stereocenters. The topological polar surface area (TPSA) is 67.2 Å². The molecule has 1 aromatic rings. The maximum absolute atomic E-state index is 12.0. The molecule has 2 N–H and O–H groups in total. The number of hydrogen-bond donors (Lipinski definition) is 2. The van der Waals surface area contributed by atoms with Gasteiger partial charge in [0, 0.05) is 11.7 Å². The first-order valence-corrected chi connectivity index (χ1v) is 8.15. The summed E-state index contributed by atoms with van der Waals surface area (Å²) < 4.78 is 1.93. The molecule has 3 rings (SSSR count). The zero-order valence-electron chi connectivity index (χ0n) is 12.9. The van der Waals surface area contributed by atoms with Gasteiger partial charge < -0.3 is 5.11 Å². The molecule has 2 aliphatic carbocycles. The number of nitrogens with one attached hydrogen (secondary N) is 1. The molecule has 2 aliphatic rings. The molecule has 5 nitrogen and oxygen atoms in total. The summed E-state index contributed by atoms with van der Waals surface area (Å²) in [6.07, 6.45) is 5.99. The van der Waals surface area contributed by atoms with E-state index in [1.807, 2.05) is 4.68 Å². The van der Waals surface area contributed by atoms with Crippen LogP contribution in [0.3, 0.4) is 0 Å². The zero-order valence-corrected chi connectivity index (χ0v) is 12.9. The van der Waals surface area contributed by atoms with Crippen LogP contribution in [0.25, 0.3) is 0 Å². The summed E-state index contributed by atoms with van der Waals surface area (Å²) in [5, 5.41) is 17.9. The van der Waals surface area contributed by atoms with E-state index in [1.165, 1.54) is 0 Å². The van der Waals surface area contributed by atoms with Gasteiger partial charge in [-0.05, 0) is 50.5 Å². The summed E-state index contributed by atoms with van der Waals surface area (Å²) in [6.45, 7) is 4.63. The lowest BCUT2D eigenvalue weighted by Gasteiger charge is -2.31. The van der Waals surface area contributed by atoms with Crippen molar-refractivity contribution < 1.29 is 9.90 Å². The molecule has 0 saturated heterocycles. The van der Waals surface area contributed by atoms with E-state index < -0.39 is 11.5 Å². The van der Waals surface area contributed by atoms with Crippen molar-refractivity contribution in [2.75, 3.05) is 0 Å². The molecule has 1 unspecified atom stereocenters. The molecule has 0 spiro atoms. The molecule has 0 amide bonds. The summed E-state index contributed by atoms with van der Waals surface area (Å²) in [4.78, 5) is 12.0. The average Bonchev–Trinajstić information content (AvgIpc) is 3.36. The Morgan fingerprint density at radius 3 is 2.57 bits per heavy atom. The van der Waals surface area contributed by atoms with Gasteiger partial charge in [-0.1, -0.05) is 13.8 Å². The van der Waals surface area contributed by atoms with Crippen LogP contribution in [0.4, 0.5) is 0 Å². The molecule has 2 saturated carbocycles. The van der Waals surface area contributed by atoms with Gasteiger partial charge in [0.1, 0.15) is 5.54 Å². The van der Waals surface area contributed by atoms with E-state index in [0.717, 1.165) is 49.9 Å². The van der Waals surface area contributed by atoms with Gasteiger partial charge >= 0.3 is 5.97 Å². The molecule has 1 aromatic heterocycles. The van der Waals surface area contributed by atoms with Crippen molar-refractivity contribution in [3.63, 3.8) is 0 Å². The molecule has 0 aliphatic heterocycles. The van der Waals surface area contributed by atoms with Crippen molar-refractivity contribution in [3.8, 4) is 0 Å². The Hall–Kier alpha value is -1.36. The molecular weight excluding hydrogens is 266 g/mol. The van der Waals surface area contributed by atoms with E-state index in [1.54, 1.807) is 0 Å². The summed E-state index contributed by atoms with van der Waals surface area (Å²) >= 11 is 0. The average molecular weight is 291 g/mol. The van der Waals surface area contributed by atoms with Gasteiger partial charge in [0.2, 0.25) is 0 Å². The third-order valence-electron chi connectivity index (χ3n) is 4.73. The van der Waals surface area contributed by atoms with Crippen LogP contribution in [0.2, 0.25) is 0 Å². The predicted molar refractivity (Wildman–Crippen MR) is 80.2 cm³/mol. The van der Waals surface area contributed by atoms with Gasteiger partial charge in [-0.15, -0.1) is 0 Å². The Morgan fingerprint density at radius 1 is 1.38 bits per heavy atom. The van der Waals surface area contributed by atoms with E-state index in [-0.39, 0.29) is 5.92 Å². The minimum Gasteiger partial charge on any atom is -0.480 e. The zero-order chi connectivity index (χ0) is 15.0. The third-order valence-corrected chi connectivity index (χ3v) is 4.73. The van der Waals surface area contributed by atoms with E-state index in [9.17, 15) is 9.90 Å². The summed E-state index contributed by atoms with van der Waals surface area (Å²) in [5.41, 5.74) is 1.35. The number of carboxylic acids is 1. The monoisotopic (exact) mass is 291 g/mol. The minimum atomic E-state index is -0.831. The highest BCUT2D eigenvalue weighted by Crippen LogP contribution is 2.43. The van der Waals surface area contributed by atoms with Crippen molar-refractivity contribution in [3.05, 3.63) is 17.5 Å². The van der Waals surface area contributed by atoms with E-state index in [0.29, 0.717) is 12.6 Å². The second-order valence-electron chi connectivity index (χ2n) is 6.46. The molecular formula is C16H25N3O2. The van der Waals surface area contributed by atoms with Crippen LogP contribution in [0.1, 0.15) is 50.9 Å². The Kier molecular flexibility index (Phi) is 3.78. The molecule has 0 bridgehead atoms. The fourth-order valence-corrected chi connectivity index (χ4v) is 3.11. The van der Waals surface area contributed by atoms with Crippen LogP contribution < -0.4 is 5.32 Å². The van der Waals surface area contributed by atoms with Gasteiger partial charge in [-0.3, -0.25) is 14.8 Å². The third kappa shape index (κ3) is 2.84. The van der Waals surface area contributed by atoms with Gasteiger partial charge in [-0.25, -0.2) is 0 Å². The maximum Gasteiger partial charge on any atom is 0.326 e. The number of aryl methyl sites for hydroxylation is 2. The summed E-state index contributed by atoms with van der Waals surface area (Å²) in [6, 6.07) is 2.49. The lowest BCUT2D eigenvalue weighted by molar-refractivity contribution is -0.147. The molecule has 2 fully saturated rings. The minimum absolute atomic E-state index is 0.245. The van der Waals surface area contributed by atoms with E-state index >= 15 is 0 Å². The number of rotatable bonds is 8. The van der Waals surface area contributed by atoms with Gasteiger partial charge in [0.05, 0.1) is 12.2 Å². The normalized spacial score (nSPS) is 21.2. The quantitative estimate of drug-likeness (QED) is 0.768. The van der Waals surface area contributed by atoms with E-state index in [2.05, 4.69) is 30.3 Å². The largest absolute Gasteiger partial charge is 0.480 e. The highest BCUT2D eigenvalue weighted by atomic mass is 16.4. The first-order valence-electron chi connectivity index (χ1n) is 8.15. The number of aromatic nitrogens is 2. The highest BCUT2D eigenvalue weighted by molar-refractivity contribution is 5.80. The Morgan fingerprint density at radius 2 is 2.10 bits per heavy atom. The molecule has 1 heterocycles. The Labute approximate surface area is 125 Å². The van der Waals surface area contributed by atoms with Crippen molar-refractivity contribution in [2.24, 2.45) is 5.92 Å². The van der Waals surface area contributed by atoms with Crippen molar-refractivity contribution in [2.45, 2.75) is 70.5 Å². The van der Waals surface area contributed by atoms with Crippen LogP contribution >= 0.6 is 0 Å². The summed E-state index contributed by atoms with van der Waals surface area (Å²) in [5.74, 6) is -0.470. The predicted octanol–water partition coefficient (Wildman–Crippen LogP) is 1.99. The second kappa shape index (κ2) is 5.44. The van der Waals surface area contributed by atoms with Crippen LogP contribution in [-0.2, 0) is 24.2 Å². The maximum atomic E-state index is 12.0. The van der Waals surface area contributed by atoms with Gasteiger partial charge in [-0.2, -0.15) is 5.10 Å². The van der Waals surface area contributed by atoms with E-state index in [4.69, 9.17) is 0 Å². The highest BCUT2D eigenvalue weighted by Gasteiger charge is 2.53. The molecule has 116 valence electrons. The number of carbonyl (C=O) groups is 1. The number of carboxylic acid groups (broad SMARTS) is 1. The standard InChI is InChI=1S/C16H25N3O2/c1-3-12-9-14(4-2)19(18-12)10-16(15(20)21,11-5-6-11)17-13-7-8-13/h9,11,13,17H,3-8,10H2,1-2H3,(H,20,21). The molecule has 21 heavy (non-hydrogen) atoms. The van der Waals surface area contributed by atoms with Crippen LogP contribution in [-0.4, -0.2) is 32.4 Å². The number of hydrogen-bond acceptors (Lipinski definition) is 3. The fraction of sp³-hybridized carbons (Fsp3) is 0.750. The fourth-order valence-electron chi connectivity index (χ4n) is 3.11. The van der Waals surface area contributed by atoms with Crippen molar-refractivity contribution in [1.29, 1.82) is 0 Å². The van der Waals surface area contributed by atoms with Crippen LogP contribution in [0.5, 0.6) is 0 Å². The SMILES string of the molecule is CCc1cc(CC)n(CC(NC2CC2)(C(=O)O)C2CC2)n1. The second-order valence-corrected chi connectivity index (χ2v) is 6.46. The van der Waals surface area contributed by atoms with Crippen molar-refractivity contribution >= 4 is 5.97 Å². The smallest absolute Gasteiger partial charge is 0.326 e. The molecule has 0 aromatic carbocycles. The number of nitrogens with zero attached hydrogens (tertiary/aromatic N) is 2.